The lowest BCUT2D eigenvalue weighted by atomic mass is 9.90. The quantitative estimate of drug-likeness (QED) is 0.650. The largest absolute Gasteiger partial charge is 0.490 e. The van der Waals surface area contributed by atoms with E-state index in [0.717, 1.165) is 25.9 Å². The SMILES string of the molecule is COc1ccc(C(=O)NC2(C)CCNCC2)cc1[N+](=O)[O-].Cl. The number of amides is 1. The highest BCUT2D eigenvalue weighted by molar-refractivity contribution is 5.95. The summed E-state index contributed by atoms with van der Waals surface area (Å²) < 4.78 is 4.93. The first kappa shape index (κ1) is 18.2. The summed E-state index contributed by atoms with van der Waals surface area (Å²) >= 11 is 0. The standard InChI is InChI=1S/C14H19N3O4.ClH/c1-14(5-7-15-8-6-14)16-13(18)10-3-4-12(21-2)11(9-10)17(19)20;/h3-4,9,15H,5-8H2,1-2H3,(H,16,18);1H. The number of nitro benzene ring substituents is 1. The van der Waals surface area contributed by atoms with Crippen LogP contribution >= 0.6 is 12.4 Å². The molecule has 1 amide bonds. The van der Waals surface area contributed by atoms with E-state index >= 15 is 0 Å². The molecule has 122 valence electrons. The van der Waals surface area contributed by atoms with E-state index in [9.17, 15) is 14.9 Å². The Balaban J connectivity index is 0.00000242. The van der Waals surface area contributed by atoms with Crippen LogP contribution in [0.3, 0.4) is 0 Å². The van der Waals surface area contributed by atoms with Crippen LogP contribution in [0, 0.1) is 10.1 Å². The van der Waals surface area contributed by atoms with Crippen molar-refractivity contribution in [2.24, 2.45) is 0 Å². The van der Waals surface area contributed by atoms with Gasteiger partial charge in [0.05, 0.1) is 12.0 Å². The molecule has 2 N–H and O–H groups in total. The third-order valence-electron chi connectivity index (χ3n) is 3.76. The molecule has 0 aliphatic carbocycles. The molecule has 1 saturated heterocycles. The van der Waals surface area contributed by atoms with Crippen molar-refractivity contribution in [1.29, 1.82) is 0 Å². The fourth-order valence-electron chi connectivity index (χ4n) is 2.42. The van der Waals surface area contributed by atoms with Gasteiger partial charge in [0.2, 0.25) is 0 Å². The highest BCUT2D eigenvalue weighted by Crippen LogP contribution is 2.28. The van der Waals surface area contributed by atoms with Crippen molar-refractivity contribution in [1.82, 2.24) is 10.6 Å². The van der Waals surface area contributed by atoms with Gasteiger partial charge in [-0.25, -0.2) is 0 Å². The Morgan fingerprint density at radius 3 is 2.59 bits per heavy atom. The maximum atomic E-state index is 12.3. The van der Waals surface area contributed by atoms with Gasteiger partial charge in [0.25, 0.3) is 5.91 Å². The van der Waals surface area contributed by atoms with Gasteiger partial charge < -0.3 is 15.4 Å². The Morgan fingerprint density at radius 1 is 1.41 bits per heavy atom. The smallest absolute Gasteiger partial charge is 0.311 e. The Hall–Kier alpha value is -1.86. The van der Waals surface area contributed by atoms with Crippen LogP contribution in [0.1, 0.15) is 30.1 Å². The number of hydrogen-bond acceptors (Lipinski definition) is 5. The molecule has 0 saturated carbocycles. The third-order valence-corrected chi connectivity index (χ3v) is 3.76. The second kappa shape index (κ2) is 7.42. The van der Waals surface area contributed by atoms with Crippen molar-refractivity contribution < 1.29 is 14.5 Å². The first-order valence-corrected chi connectivity index (χ1v) is 6.81. The van der Waals surface area contributed by atoms with E-state index in [4.69, 9.17) is 4.74 Å². The number of halogens is 1. The van der Waals surface area contributed by atoms with Crippen LogP contribution in [0.5, 0.6) is 5.75 Å². The minimum atomic E-state index is -0.554. The summed E-state index contributed by atoms with van der Waals surface area (Å²) in [5.41, 5.74) is -0.222. The van der Waals surface area contributed by atoms with Crippen LogP contribution < -0.4 is 15.4 Å². The molecule has 0 unspecified atom stereocenters. The second-order valence-corrected chi connectivity index (χ2v) is 5.41. The zero-order chi connectivity index (χ0) is 15.5. The molecule has 8 heteroatoms. The van der Waals surface area contributed by atoms with Crippen molar-refractivity contribution in [2.45, 2.75) is 25.3 Å². The van der Waals surface area contributed by atoms with Crippen LogP contribution in [0.25, 0.3) is 0 Å². The molecular weight excluding hydrogens is 310 g/mol. The first-order chi connectivity index (χ1) is 9.95. The van der Waals surface area contributed by atoms with Gasteiger partial charge in [-0.3, -0.25) is 14.9 Å². The van der Waals surface area contributed by atoms with E-state index in [0.29, 0.717) is 0 Å². The average molecular weight is 330 g/mol. The Bertz CT molecular complexity index is 559. The number of benzene rings is 1. The Morgan fingerprint density at radius 2 is 2.05 bits per heavy atom. The van der Waals surface area contributed by atoms with Gasteiger partial charge in [0.15, 0.2) is 5.75 Å². The Labute approximate surface area is 135 Å². The lowest BCUT2D eigenvalue weighted by Gasteiger charge is -2.35. The van der Waals surface area contributed by atoms with E-state index in [1.54, 1.807) is 0 Å². The first-order valence-electron chi connectivity index (χ1n) is 6.81. The summed E-state index contributed by atoms with van der Waals surface area (Å²) in [5, 5.41) is 17.2. The molecule has 0 bridgehead atoms. The summed E-state index contributed by atoms with van der Waals surface area (Å²) in [5.74, 6) is -0.158. The van der Waals surface area contributed by atoms with Gasteiger partial charge in [0.1, 0.15) is 0 Å². The lowest BCUT2D eigenvalue weighted by Crippen LogP contribution is -2.52. The molecule has 7 nitrogen and oxygen atoms in total. The Kier molecular flexibility index (Phi) is 6.13. The molecule has 22 heavy (non-hydrogen) atoms. The minimum Gasteiger partial charge on any atom is -0.490 e. The third kappa shape index (κ3) is 4.08. The maximum Gasteiger partial charge on any atom is 0.311 e. The fourth-order valence-corrected chi connectivity index (χ4v) is 2.42. The van der Waals surface area contributed by atoms with Crippen molar-refractivity contribution in [2.75, 3.05) is 20.2 Å². The van der Waals surface area contributed by atoms with Gasteiger partial charge in [-0.2, -0.15) is 0 Å². The molecule has 1 fully saturated rings. The minimum absolute atomic E-state index is 0. The number of ether oxygens (including phenoxy) is 1. The number of carbonyl (C=O) groups excluding carboxylic acids is 1. The number of nitro groups is 1. The van der Waals surface area contributed by atoms with Gasteiger partial charge >= 0.3 is 5.69 Å². The fraction of sp³-hybridized carbons (Fsp3) is 0.500. The van der Waals surface area contributed by atoms with E-state index in [2.05, 4.69) is 10.6 Å². The summed E-state index contributed by atoms with van der Waals surface area (Å²) in [4.78, 5) is 22.7. The van der Waals surface area contributed by atoms with E-state index in [1.807, 2.05) is 6.92 Å². The topological polar surface area (TPSA) is 93.5 Å². The molecule has 2 rings (SSSR count). The van der Waals surface area contributed by atoms with Crippen molar-refractivity contribution in [3.8, 4) is 5.75 Å². The van der Waals surface area contributed by atoms with Gasteiger partial charge in [-0.1, -0.05) is 0 Å². The van der Waals surface area contributed by atoms with Crippen LogP contribution in [-0.2, 0) is 0 Å². The summed E-state index contributed by atoms with van der Waals surface area (Å²) in [7, 11) is 1.36. The van der Waals surface area contributed by atoms with Gasteiger partial charge in [0, 0.05) is 17.2 Å². The van der Waals surface area contributed by atoms with E-state index < -0.39 is 4.92 Å². The number of hydrogen-bond donors (Lipinski definition) is 2. The number of methoxy groups -OCH3 is 1. The maximum absolute atomic E-state index is 12.3. The van der Waals surface area contributed by atoms with Gasteiger partial charge in [-0.15, -0.1) is 12.4 Å². The molecule has 1 aromatic rings. The molecule has 0 aromatic heterocycles. The van der Waals surface area contributed by atoms with Crippen molar-refractivity contribution >= 4 is 24.0 Å². The molecule has 1 aliphatic heterocycles. The number of nitrogens with zero attached hydrogens (tertiary/aromatic N) is 1. The number of carbonyl (C=O) groups is 1. The number of piperidine rings is 1. The van der Waals surface area contributed by atoms with Crippen molar-refractivity contribution in [3.05, 3.63) is 33.9 Å². The monoisotopic (exact) mass is 329 g/mol. The average Bonchev–Trinajstić information content (AvgIpc) is 2.46. The van der Waals surface area contributed by atoms with Crippen LogP contribution in [0.4, 0.5) is 5.69 Å². The normalized spacial score (nSPS) is 16.3. The summed E-state index contributed by atoms with van der Waals surface area (Å²) in [6.45, 7) is 3.68. The molecule has 0 radical (unpaired) electrons. The molecular formula is C14H20ClN3O4. The molecule has 1 aromatic carbocycles. The highest BCUT2D eigenvalue weighted by atomic mass is 35.5. The number of rotatable bonds is 4. The zero-order valence-corrected chi connectivity index (χ0v) is 13.4. The van der Waals surface area contributed by atoms with Gasteiger partial charge in [-0.05, 0) is 45.0 Å². The summed E-state index contributed by atoms with van der Waals surface area (Å²) in [6, 6.07) is 4.22. The molecule has 0 atom stereocenters. The van der Waals surface area contributed by atoms with Crippen molar-refractivity contribution in [3.63, 3.8) is 0 Å². The zero-order valence-electron chi connectivity index (χ0n) is 12.5. The molecule has 1 aliphatic rings. The highest BCUT2D eigenvalue weighted by Gasteiger charge is 2.29. The second-order valence-electron chi connectivity index (χ2n) is 5.41. The molecule has 0 spiro atoms. The predicted octanol–water partition coefficient (Wildman–Crippen LogP) is 1.90. The van der Waals surface area contributed by atoms with Crippen LogP contribution in [0.2, 0.25) is 0 Å². The molecule has 1 heterocycles. The van der Waals surface area contributed by atoms with Crippen LogP contribution in [0.15, 0.2) is 18.2 Å². The van der Waals surface area contributed by atoms with E-state index in [1.165, 1.54) is 25.3 Å². The lowest BCUT2D eigenvalue weighted by molar-refractivity contribution is -0.385. The van der Waals surface area contributed by atoms with E-state index in [-0.39, 0.29) is 40.9 Å². The number of nitrogens with one attached hydrogen (secondary N) is 2. The van der Waals surface area contributed by atoms with Crippen LogP contribution in [-0.4, -0.2) is 36.6 Å². The summed E-state index contributed by atoms with van der Waals surface area (Å²) in [6.07, 6.45) is 1.66. The predicted molar refractivity (Wildman–Crippen MR) is 84.9 cm³/mol.